The normalized spacial score (nSPS) is 12.4. The van der Waals surface area contributed by atoms with E-state index in [1.807, 2.05) is 6.92 Å². The minimum absolute atomic E-state index is 0.229. The fourth-order valence-corrected chi connectivity index (χ4v) is 1.27. The van der Waals surface area contributed by atoms with Gasteiger partial charge in [-0.3, -0.25) is 4.68 Å². The standard InChI is InChI=1S/C11H19N3O3/c1-3-4-16-5-6-17-11(15)10(12)9-7-13-14(2)8-9/h7-8,10H,3-6,12H2,1-2H3. The molecule has 1 atom stereocenters. The Morgan fingerprint density at radius 2 is 2.29 bits per heavy atom. The van der Waals surface area contributed by atoms with Crippen LogP contribution in [0.4, 0.5) is 0 Å². The van der Waals surface area contributed by atoms with Gasteiger partial charge in [-0.1, -0.05) is 6.92 Å². The summed E-state index contributed by atoms with van der Waals surface area (Å²) in [5, 5.41) is 3.95. The number of aromatic nitrogens is 2. The Balaban J connectivity index is 2.28. The van der Waals surface area contributed by atoms with Crippen LogP contribution >= 0.6 is 0 Å². The van der Waals surface area contributed by atoms with E-state index >= 15 is 0 Å². The smallest absolute Gasteiger partial charge is 0.327 e. The first-order chi connectivity index (χ1) is 8.15. The van der Waals surface area contributed by atoms with Crippen LogP contribution < -0.4 is 5.73 Å². The number of nitrogens with zero attached hydrogens (tertiary/aromatic N) is 2. The maximum Gasteiger partial charge on any atom is 0.327 e. The molecule has 0 aromatic carbocycles. The molecule has 1 unspecified atom stereocenters. The van der Waals surface area contributed by atoms with E-state index in [-0.39, 0.29) is 6.61 Å². The van der Waals surface area contributed by atoms with Crippen LogP contribution in [-0.4, -0.2) is 35.6 Å². The molecule has 6 heteroatoms. The van der Waals surface area contributed by atoms with Crippen molar-refractivity contribution in [3.8, 4) is 0 Å². The number of hydrogen-bond acceptors (Lipinski definition) is 5. The Bertz CT molecular complexity index is 351. The van der Waals surface area contributed by atoms with E-state index in [9.17, 15) is 4.79 Å². The molecule has 0 spiro atoms. The Morgan fingerprint density at radius 1 is 1.53 bits per heavy atom. The van der Waals surface area contributed by atoms with Gasteiger partial charge in [-0.05, 0) is 6.42 Å². The second-order valence-corrected chi connectivity index (χ2v) is 3.70. The average Bonchev–Trinajstić information content (AvgIpc) is 2.74. The molecular formula is C11H19N3O3. The van der Waals surface area contributed by atoms with Crippen molar-refractivity contribution in [1.29, 1.82) is 0 Å². The van der Waals surface area contributed by atoms with Crippen LogP contribution in [0.5, 0.6) is 0 Å². The molecule has 96 valence electrons. The maximum absolute atomic E-state index is 11.5. The second kappa shape index (κ2) is 7.03. The number of nitrogens with two attached hydrogens (primary N) is 1. The van der Waals surface area contributed by atoms with E-state index in [2.05, 4.69) is 5.10 Å². The molecule has 6 nitrogen and oxygen atoms in total. The van der Waals surface area contributed by atoms with Crippen LogP contribution in [0.2, 0.25) is 0 Å². The monoisotopic (exact) mass is 241 g/mol. The van der Waals surface area contributed by atoms with Gasteiger partial charge in [-0.15, -0.1) is 0 Å². The zero-order valence-corrected chi connectivity index (χ0v) is 10.3. The highest BCUT2D eigenvalue weighted by atomic mass is 16.6. The van der Waals surface area contributed by atoms with Crippen LogP contribution in [0, 0.1) is 0 Å². The molecule has 0 fully saturated rings. The highest BCUT2D eigenvalue weighted by molar-refractivity contribution is 5.77. The summed E-state index contributed by atoms with van der Waals surface area (Å²) in [6, 6.07) is -0.783. The second-order valence-electron chi connectivity index (χ2n) is 3.70. The summed E-state index contributed by atoms with van der Waals surface area (Å²) in [5.41, 5.74) is 6.37. The van der Waals surface area contributed by atoms with Gasteiger partial charge in [0.15, 0.2) is 0 Å². The molecule has 0 aliphatic carbocycles. The molecule has 1 heterocycles. The van der Waals surface area contributed by atoms with Gasteiger partial charge in [0, 0.05) is 25.4 Å². The van der Waals surface area contributed by atoms with Gasteiger partial charge in [-0.25, -0.2) is 4.79 Å². The number of carbonyl (C=O) groups is 1. The predicted molar refractivity (Wildman–Crippen MR) is 62.2 cm³/mol. The Hall–Kier alpha value is -1.40. The number of aryl methyl sites for hydroxylation is 1. The van der Waals surface area contributed by atoms with Gasteiger partial charge in [0.25, 0.3) is 0 Å². The quantitative estimate of drug-likeness (QED) is 0.552. The topological polar surface area (TPSA) is 79.4 Å². The van der Waals surface area contributed by atoms with Crippen molar-refractivity contribution in [3.63, 3.8) is 0 Å². The van der Waals surface area contributed by atoms with Crippen LogP contribution in [0.25, 0.3) is 0 Å². The summed E-state index contributed by atoms with van der Waals surface area (Å²) in [4.78, 5) is 11.5. The molecule has 0 amide bonds. The number of hydrogen-bond donors (Lipinski definition) is 1. The Labute approximate surface area is 101 Å². The SMILES string of the molecule is CCCOCCOC(=O)C(N)c1cnn(C)c1. The van der Waals surface area contributed by atoms with Crippen LogP contribution in [0.3, 0.4) is 0 Å². The van der Waals surface area contributed by atoms with Gasteiger partial charge < -0.3 is 15.2 Å². The molecule has 1 rings (SSSR count). The number of rotatable bonds is 7. The van der Waals surface area contributed by atoms with E-state index in [0.29, 0.717) is 18.8 Å². The third-order valence-corrected chi connectivity index (χ3v) is 2.16. The summed E-state index contributed by atoms with van der Waals surface area (Å²) in [5.74, 6) is -0.460. The van der Waals surface area contributed by atoms with Crippen LogP contribution in [-0.2, 0) is 21.3 Å². The van der Waals surface area contributed by atoms with E-state index < -0.39 is 12.0 Å². The molecule has 0 bridgehead atoms. The summed E-state index contributed by atoms with van der Waals surface area (Å²) >= 11 is 0. The van der Waals surface area contributed by atoms with Crippen molar-refractivity contribution < 1.29 is 14.3 Å². The molecule has 0 saturated carbocycles. The van der Waals surface area contributed by atoms with Crippen LogP contribution in [0.1, 0.15) is 24.9 Å². The number of esters is 1. The first kappa shape index (κ1) is 13.7. The van der Waals surface area contributed by atoms with Crippen molar-refractivity contribution in [3.05, 3.63) is 18.0 Å². The van der Waals surface area contributed by atoms with Gasteiger partial charge in [0.1, 0.15) is 12.6 Å². The lowest BCUT2D eigenvalue weighted by Gasteiger charge is -2.09. The number of ether oxygens (including phenoxy) is 2. The summed E-state index contributed by atoms with van der Waals surface area (Å²) in [7, 11) is 1.76. The molecule has 17 heavy (non-hydrogen) atoms. The largest absolute Gasteiger partial charge is 0.462 e. The highest BCUT2D eigenvalue weighted by Crippen LogP contribution is 2.09. The zero-order chi connectivity index (χ0) is 12.7. The zero-order valence-electron chi connectivity index (χ0n) is 10.3. The summed E-state index contributed by atoms with van der Waals surface area (Å²) in [6.07, 6.45) is 4.20. The van der Waals surface area contributed by atoms with E-state index in [1.165, 1.54) is 0 Å². The van der Waals surface area contributed by atoms with Crippen molar-refractivity contribution in [1.82, 2.24) is 9.78 Å². The first-order valence-corrected chi connectivity index (χ1v) is 5.63. The van der Waals surface area contributed by atoms with E-state index in [4.69, 9.17) is 15.2 Å². The van der Waals surface area contributed by atoms with E-state index in [1.54, 1.807) is 24.1 Å². The molecule has 0 aliphatic heterocycles. The minimum atomic E-state index is -0.783. The summed E-state index contributed by atoms with van der Waals surface area (Å²) in [6.45, 7) is 3.32. The van der Waals surface area contributed by atoms with Gasteiger partial charge in [0.05, 0.1) is 12.8 Å². The average molecular weight is 241 g/mol. The fraction of sp³-hybridized carbons (Fsp3) is 0.636. The lowest BCUT2D eigenvalue weighted by atomic mass is 10.2. The van der Waals surface area contributed by atoms with Gasteiger partial charge in [-0.2, -0.15) is 5.10 Å². The molecule has 0 radical (unpaired) electrons. The van der Waals surface area contributed by atoms with E-state index in [0.717, 1.165) is 6.42 Å². The number of carbonyl (C=O) groups excluding carboxylic acids is 1. The van der Waals surface area contributed by atoms with Crippen molar-refractivity contribution in [2.75, 3.05) is 19.8 Å². The molecule has 1 aromatic rings. The first-order valence-electron chi connectivity index (χ1n) is 5.63. The molecule has 0 saturated heterocycles. The highest BCUT2D eigenvalue weighted by Gasteiger charge is 2.18. The molecule has 0 aliphatic rings. The summed E-state index contributed by atoms with van der Waals surface area (Å²) < 4.78 is 11.8. The molecule has 2 N–H and O–H groups in total. The van der Waals surface area contributed by atoms with Crippen molar-refractivity contribution in [2.24, 2.45) is 12.8 Å². The third kappa shape index (κ3) is 4.54. The van der Waals surface area contributed by atoms with Crippen molar-refractivity contribution in [2.45, 2.75) is 19.4 Å². The van der Waals surface area contributed by atoms with Crippen LogP contribution in [0.15, 0.2) is 12.4 Å². The van der Waals surface area contributed by atoms with Gasteiger partial charge in [0.2, 0.25) is 0 Å². The maximum atomic E-state index is 11.5. The van der Waals surface area contributed by atoms with Gasteiger partial charge >= 0.3 is 5.97 Å². The molecular weight excluding hydrogens is 222 g/mol. The lowest BCUT2D eigenvalue weighted by Crippen LogP contribution is -2.24. The van der Waals surface area contributed by atoms with Crippen molar-refractivity contribution >= 4 is 5.97 Å². The third-order valence-electron chi connectivity index (χ3n) is 2.16. The minimum Gasteiger partial charge on any atom is -0.462 e. The predicted octanol–water partition coefficient (Wildman–Crippen LogP) is 0.390. The Morgan fingerprint density at radius 3 is 2.88 bits per heavy atom. The molecule has 1 aromatic heterocycles. The fourth-order valence-electron chi connectivity index (χ4n) is 1.27. The Kier molecular flexibility index (Phi) is 5.65. The lowest BCUT2D eigenvalue weighted by molar-refractivity contribution is -0.146.